The minimum absolute atomic E-state index is 0.00641. The average molecular weight is 391 g/mol. The fraction of sp³-hybridized carbons (Fsp3) is 0.389. The lowest BCUT2D eigenvalue weighted by atomic mass is 9.96. The summed E-state index contributed by atoms with van der Waals surface area (Å²) in [5, 5.41) is 5.60. The molecule has 1 amide bonds. The number of hydrogen-bond donors (Lipinski definition) is 0. The molecule has 0 bridgehead atoms. The Morgan fingerprint density at radius 1 is 1.50 bits per heavy atom. The molecule has 0 spiro atoms. The normalized spacial score (nSPS) is 20.0. The number of benzene rings is 1. The third-order valence-corrected chi connectivity index (χ3v) is 6.30. The van der Waals surface area contributed by atoms with Crippen LogP contribution in [-0.4, -0.2) is 34.3 Å². The molecule has 1 aliphatic rings. The SMILES string of the molecule is CCn1cc([C@H]2OCC[C@@H]2C(=O)N(C)c2nc3cccc(Cl)c3s2)cn1. The Morgan fingerprint density at radius 2 is 2.35 bits per heavy atom. The van der Waals surface area contributed by atoms with Crippen LogP contribution in [0.15, 0.2) is 30.6 Å². The largest absolute Gasteiger partial charge is 0.373 e. The number of amides is 1. The molecular formula is C18H19ClN4O2S. The van der Waals surface area contributed by atoms with Crippen LogP contribution in [0.25, 0.3) is 10.2 Å². The minimum Gasteiger partial charge on any atom is -0.373 e. The summed E-state index contributed by atoms with van der Waals surface area (Å²) in [5.41, 5.74) is 1.75. The molecule has 1 aromatic carbocycles. The van der Waals surface area contributed by atoms with Crippen molar-refractivity contribution in [2.45, 2.75) is 26.0 Å². The Balaban J connectivity index is 1.59. The lowest BCUT2D eigenvalue weighted by Crippen LogP contribution is -2.34. The summed E-state index contributed by atoms with van der Waals surface area (Å²) in [6.45, 7) is 3.39. The van der Waals surface area contributed by atoms with Crippen molar-refractivity contribution < 1.29 is 9.53 Å². The molecule has 3 aromatic rings. The summed E-state index contributed by atoms with van der Waals surface area (Å²) in [6.07, 6.45) is 4.17. The van der Waals surface area contributed by atoms with Gasteiger partial charge >= 0.3 is 0 Å². The van der Waals surface area contributed by atoms with Crippen LogP contribution in [0.4, 0.5) is 5.13 Å². The number of carbonyl (C=O) groups is 1. The first kappa shape index (κ1) is 17.5. The third-order valence-electron chi connectivity index (χ3n) is 4.69. The number of aryl methyl sites for hydroxylation is 1. The maximum absolute atomic E-state index is 13.1. The molecule has 1 aliphatic heterocycles. The van der Waals surface area contributed by atoms with Crippen LogP contribution in [0, 0.1) is 5.92 Å². The van der Waals surface area contributed by atoms with Gasteiger partial charge in [-0.2, -0.15) is 5.10 Å². The van der Waals surface area contributed by atoms with E-state index in [0.29, 0.717) is 23.2 Å². The summed E-state index contributed by atoms with van der Waals surface area (Å²) in [7, 11) is 1.76. The zero-order chi connectivity index (χ0) is 18.3. The Labute approximate surface area is 160 Å². The smallest absolute Gasteiger partial charge is 0.234 e. The fourth-order valence-electron chi connectivity index (χ4n) is 3.26. The number of halogens is 1. The molecular weight excluding hydrogens is 372 g/mol. The quantitative estimate of drug-likeness (QED) is 0.677. The Hall–Kier alpha value is -1.96. The molecule has 0 radical (unpaired) electrons. The van der Waals surface area contributed by atoms with Gasteiger partial charge in [0.1, 0.15) is 0 Å². The predicted molar refractivity (Wildman–Crippen MR) is 103 cm³/mol. The van der Waals surface area contributed by atoms with E-state index >= 15 is 0 Å². The van der Waals surface area contributed by atoms with Gasteiger partial charge in [0.2, 0.25) is 5.91 Å². The van der Waals surface area contributed by atoms with Crippen LogP contribution in [-0.2, 0) is 16.1 Å². The van der Waals surface area contributed by atoms with Crippen molar-refractivity contribution >= 4 is 44.2 Å². The van der Waals surface area contributed by atoms with E-state index in [1.165, 1.54) is 11.3 Å². The molecule has 136 valence electrons. The number of hydrogen-bond acceptors (Lipinski definition) is 5. The van der Waals surface area contributed by atoms with Crippen LogP contribution in [0.3, 0.4) is 0 Å². The number of thiazole rings is 1. The molecule has 8 heteroatoms. The number of ether oxygens (including phenoxy) is 1. The summed E-state index contributed by atoms with van der Waals surface area (Å²) in [5.74, 6) is -0.232. The van der Waals surface area contributed by atoms with E-state index in [0.717, 1.165) is 22.3 Å². The highest BCUT2D eigenvalue weighted by molar-refractivity contribution is 7.23. The molecule has 4 rings (SSSR count). The number of fused-ring (bicyclic) bond motifs is 1. The van der Waals surface area contributed by atoms with Crippen LogP contribution >= 0.6 is 22.9 Å². The second-order valence-corrected chi connectivity index (χ2v) is 7.68. The Kier molecular flexibility index (Phi) is 4.69. The Morgan fingerprint density at radius 3 is 3.08 bits per heavy atom. The van der Waals surface area contributed by atoms with Gasteiger partial charge < -0.3 is 4.74 Å². The molecule has 0 saturated carbocycles. The molecule has 3 heterocycles. The lowest BCUT2D eigenvalue weighted by molar-refractivity contribution is -0.123. The maximum atomic E-state index is 13.1. The van der Waals surface area contributed by atoms with E-state index in [1.807, 2.05) is 36.0 Å². The van der Waals surface area contributed by atoms with Gasteiger partial charge in [0.05, 0.1) is 33.5 Å². The fourth-order valence-corrected chi connectivity index (χ4v) is 4.48. The maximum Gasteiger partial charge on any atom is 0.234 e. The van der Waals surface area contributed by atoms with E-state index < -0.39 is 0 Å². The molecule has 26 heavy (non-hydrogen) atoms. The van der Waals surface area contributed by atoms with E-state index in [-0.39, 0.29) is 17.9 Å². The van der Waals surface area contributed by atoms with Gasteiger partial charge in [0.25, 0.3) is 0 Å². The van der Waals surface area contributed by atoms with Crippen molar-refractivity contribution in [1.29, 1.82) is 0 Å². The van der Waals surface area contributed by atoms with Crippen molar-refractivity contribution in [3.63, 3.8) is 0 Å². The van der Waals surface area contributed by atoms with Gasteiger partial charge in [-0.25, -0.2) is 4.98 Å². The lowest BCUT2D eigenvalue weighted by Gasteiger charge is -2.21. The molecule has 0 unspecified atom stereocenters. The number of aromatic nitrogens is 3. The van der Waals surface area contributed by atoms with Gasteiger partial charge in [-0.15, -0.1) is 0 Å². The van der Waals surface area contributed by atoms with E-state index in [4.69, 9.17) is 16.3 Å². The van der Waals surface area contributed by atoms with Gasteiger partial charge in [0.15, 0.2) is 5.13 Å². The minimum atomic E-state index is -0.261. The molecule has 6 nitrogen and oxygen atoms in total. The van der Waals surface area contributed by atoms with Crippen LogP contribution < -0.4 is 4.90 Å². The standard InChI is InChI=1S/C18H19ClN4O2S/c1-3-23-10-11(9-20-23)15-12(7-8-25-15)17(24)22(2)18-21-14-6-4-5-13(19)16(14)26-18/h4-6,9-10,12,15H,3,7-8H2,1-2H3/t12-,15+/m0/s1. The zero-order valence-electron chi connectivity index (χ0n) is 14.6. The molecule has 2 atom stereocenters. The predicted octanol–water partition coefficient (Wildman–Crippen LogP) is 3.91. The topological polar surface area (TPSA) is 60.2 Å². The first-order chi connectivity index (χ1) is 12.6. The first-order valence-corrected chi connectivity index (χ1v) is 9.74. The first-order valence-electron chi connectivity index (χ1n) is 8.55. The summed E-state index contributed by atoms with van der Waals surface area (Å²) in [6, 6.07) is 5.60. The highest BCUT2D eigenvalue weighted by atomic mass is 35.5. The molecule has 1 saturated heterocycles. The average Bonchev–Trinajstić information content (AvgIpc) is 3.37. The Bertz CT molecular complexity index is 954. The van der Waals surface area contributed by atoms with Crippen molar-refractivity contribution in [2.24, 2.45) is 5.92 Å². The van der Waals surface area contributed by atoms with Gasteiger partial charge in [-0.05, 0) is 25.5 Å². The second kappa shape index (κ2) is 6.98. The number of nitrogens with zero attached hydrogens (tertiary/aromatic N) is 4. The van der Waals surface area contributed by atoms with Crippen LogP contribution in [0.2, 0.25) is 5.02 Å². The zero-order valence-corrected chi connectivity index (χ0v) is 16.1. The summed E-state index contributed by atoms with van der Waals surface area (Å²) < 4.78 is 8.60. The molecule has 0 aliphatic carbocycles. The molecule has 0 N–H and O–H groups in total. The van der Waals surface area contributed by atoms with Crippen LogP contribution in [0.5, 0.6) is 0 Å². The van der Waals surface area contributed by atoms with Gasteiger partial charge in [-0.3, -0.25) is 14.4 Å². The number of rotatable bonds is 4. The summed E-state index contributed by atoms with van der Waals surface area (Å²) >= 11 is 7.67. The van der Waals surface area contributed by atoms with E-state index in [1.54, 1.807) is 18.1 Å². The third kappa shape index (κ3) is 3.00. The van der Waals surface area contributed by atoms with Gasteiger partial charge in [-0.1, -0.05) is 29.0 Å². The second-order valence-electron chi connectivity index (χ2n) is 6.30. The highest BCUT2D eigenvalue weighted by Crippen LogP contribution is 2.38. The molecule has 1 fully saturated rings. The monoisotopic (exact) mass is 390 g/mol. The van der Waals surface area contributed by atoms with Gasteiger partial charge in [0, 0.05) is 32.0 Å². The number of carbonyl (C=O) groups excluding carboxylic acids is 1. The van der Waals surface area contributed by atoms with Crippen molar-refractivity contribution in [2.75, 3.05) is 18.6 Å². The van der Waals surface area contributed by atoms with Crippen molar-refractivity contribution in [3.8, 4) is 0 Å². The van der Waals surface area contributed by atoms with Crippen molar-refractivity contribution in [3.05, 3.63) is 41.2 Å². The molecule has 2 aromatic heterocycles. The van der Waals surface area contributed by atoms with E-state index in [9.17, 15) is 4.79 Å². The van der Waals surface area contributed by atoms with E-state index in [2.05, 4.69) is 10.1 Å². The highest BCUT2D eigenvalue weighted by Gasteiger charge is 2.38. The van der Waals surface area contributed by atoms with Crippen molar-refractivity contribution in [1.82, 2.24) is 14.8 Å². The van der Waals surface area contributed by atoms with Crippen LogP contribution in [0.1, 0.15) is 25.0 Å². The number of anilines is 1. The summed E-state index contributed by atoms with van der Waals surface area (Å²) in [4.78, 5) is 19.3.